The Morgan fingerprint density at radius 1 is 1.16 bits per heavy atom. The summed E-state index contributed by atoms with van der Waals surface area (Å²) in [5.74, 6) is 1.30. The quantitative estimate of drug-likeness (QED) is 0.477. The van der Waals surface area contributed by atoms with Crippen molar-refractivity contribution in [1.29, 1.82) is 0 Å². The number of carbonyl (C=O) groups is 1. The number of carbonyl (C=O) groups excluding carboxylic acids is 1. The van der Waals surface area contributed by atoms with E-state index < -0.39 is 0 Å². The zero-order valence-electron chi connectivity index (χ0n) is 16.9. The number of halogens is 1. The van der Waals surface area contributed by atoms with Crippen LogP contribution in [0.15, 0.2) is 57.7 Å². The molecule has 0 atom stereocenters. The van der Waals surface area contributed by atoms with Crippen molar-refractivity contribution < 1.29 is 22.9 Å². The highest BCUT2D eigenvalue weighted by Gasteiger charge is 2.28. The van der Waals surface area contributed by atoms with Crippen LogP contribution in [-0.2, 0) is 0 Å². The molecule has 0 N–H and O–H groups in total. The smallest absolute Gasteiger partial charge is 0.254 e. The van der Waals surface area contributed by atoms with Crippen molar-refractivity contribution in [3.05, 3.63) is 66.0 Å². The van der Waals surface area contributed by atoms with E-state index in [0.29, 0.717) is 47.3 Å². The molecular weight excluding hydrogens is 401 g/mol. The van der Waals surface area contributed by atoms with Gasteiger partial charge in [0.1, 0.15) is 17.1 Å². The molecule has 7 nitrogen and oxygen atoms in total. The van der Waals surface area contributed by atoms with Gasteiger partial charge in [-0.05, 0) is 55.3 Å². The van der Waals surface area contributed by atoms with Gasteiger partial charge in [-0.1, -0.05) is 5.16 Å². The van der Waals surface area contributed by atoms with Gasteiger partial charge in [-0.25, -0.2) is 4.39 Å². The fourth-order valence-corrected chi connectivity index (χ4v) is 3.96. The molecule has 3 heterocycles. The number of amides is 1. The van der Waals surface area contributed by atoms with Crippen LogP contribution in [0.3, 0.4) is 0 Å². The number of aromatic nitrogens is 2. The van der Waals surface area contributed by atoms with E-state index in [9.17, 15) is 9.18 Å². The Morgan fingerprint density at radius 3 is 2.68 bits per heavy atom. The van der Waals surface area contributed by atoms with E-state index in [4.69, 9.17) is 13.7 Å². The minimum atomic E-state index is -0.312. The predicted octanol–water partition coefficient (Wildman–Crippen LogP) is 4.65. The summed E-state index contributed by atoms with van der Waals surface area (Å²) in [5.41, 5.74) is 1.86. The fraction of sp³-hybridized carbons (Fsp3) is 0.261. The molecule has 1 saturated heterocycles. The molecule has 0 aliphatic carbocycles. The van der Waals surface area contributed by atoms with Gasteiger partial charge in [-0.3, -0.25) is 4.79 Å². The van der Waals surface area contributed by atoms with Gasteiger partial charge in [0.25, 0.3) is 5.91 Å². The minimum absolute atomic E-state index is 0.0624. The summed E-state index contributed by atoms with van der Waals surface area (Å²) in [6.07, 6.45) is 3.02. The molecular formula is C23H20FN3O4. The van der Waals surface area contributed by atoms with E-state index in [-0.39, 0.29) is 17.6 Å². The maximum absolute atomic E-state index is 13.1. The van der Waals surface area contributed by atoms with Crippen molar-refractivity contribution in [2.45, 2.75) is 18.8 Å². The van der Waals surface area contributed by atoms with E-state index in [1.54, 1.807) is 37.6 Å². The van der Waals surface area contributed by atoms with Crippen LogP contribution in [0, 0.1) is 5.82 Å². The minimum Gasteiger partial charge on any atom is -0.496 e. The largest absolute Gasteiger partial charge is 0.496 e. The molecule has 1 aliphatic rings. The van der Waals surface area contributed by atoms with Crippen LogP contribution < -0.4 is 4.74 Å². The Balaban J connectivity index is 1.27. The Kier molecular flexibility index (Phi) is 4.89. The topological polar surface area (TPSA) is 81.6 Å². The Bertz CT molecular complexity index is 1220. The maximum Gasteiger partial charge on any atom is 0.254 e. The number of piperidine rings is 1. The third-order valence-electron chi connectivity index (χ3n) is 5.68. The van der Waals surface area contributed by atoms with Crippen molar-refractivity contribution in [2.75, 3.05) is 20.2 Å². The lowest BCUT2D eigenvalue weighted by Crippen LogP contribution is -2.38. The lowest BCUT2D eigenvalue weighted by atomic mass is 9.96. The van der Waals surface area contributed by atoms with Crippen LogP contribution in [0.5, 0.6) is 5.75 Å². The Morgan fingerprint density at radius 2 is 1.94 bits per heavy atom. The first-order valence-electron chi connectivity index (χ1n) is 10.1. The second-order valence-electron chi connectivity index (χ2n) is 7.54. The van der Waals surface area contributed by atoms with Gasteiger partial charge >= 0.3 is 0 Å². The van der Waals surface area contributed by atoms with Gasteiger partial charge in [-0.15, -0.1) is 0 Å². The first-order chi connectivity index (χ1) is 15.1. The molecule has 1 fully saturated rings. The molecule has 0 unspecified atom stereocenters. The molecule has 2 aromatic carbocycles. The average molecular weight is 421 g/mol. The Labute approximate surface area is 177 Å². The van der Waals surface area contributed by atoms with E-state index in [1.165, 1.54) is 12.1 Å². The molecule has 0 bridgehead atoms. The van der Waals surface area contributed by atoms with Crippen LogP contribution >= 0.6 is 0 Å². The number of likely N-dealkylation sites (tertiary alicyclic amines) is 1. The van der Waals surface area contributed by atoms with Crippen LogP contribution in [0.1, 0.15) is 35.0 Å². The van der Waals surface area contributed by atoms with Crippen molar-refractivity contribution in [3.8, 4) is 17.1 Å². The molecule has 31 heavy (non-hydrogen) atoms. The second kappa shape index (κ2) is 7.86. The van der Waals surface area contributed by atoms with Crippen LogP contribution in [-0.4, -0.2) is 41.1 Å². The zero-order chi connectivity index (χ0) is 21.4. The van der Waals surface area contributed by atoms with Gasteiger partial charge in [0.2, 0.25) is 11.7 Å². The molecule has 1 amide bonds. The second-order valence-corrected chi connectivity index (χ2v) is 7.54. The van der Waals surface area contributed by atoms with Gasteiger partial charge in [-0.2, -0.15) is 4.98 Å². The molecule has 4 aromatic rings. The number of nitrogens with zero attached hydrogens (tertiary/aromatic N) is 3. The highest BCUT2D eigenvalue weighted by Crippen LogP contribution is 2.32. The number of ether oxygens (including phenoxy) is 1. The number of benzene rings is 2. The third kappa shape index (κ3) is 3.65. The summed E-state index contributed by atoms with van der Waals surface area (Å²) in [4.78, 5) is 19.3. The summed E-state index contributed by atoms with van der Waals surface area (Å²) in [6.45, 7) is 1.16. The lowest BCUT2D eigenvalue weighted by molar-refractivity contribution is 0.0704. The summed E-state index contributed by atoms with van der Waals surface area (Å²) in [7, 11) is 1.58. The lowest BCUT2D eigenvalue weighted by Gasteiger charge is -2.30. The van der Waals surface area contributed by atoms with Crippen molar-refractivity contribution in [3.63, 3.8) is 0 Å². The maximum atomic E-state index is 13.1. The van der Waals surface area contributed by atoms with Gasteiger partial charge in [0, 0.05) is 30.1 Å². The van der Waals surface area contributed by atoms with Gasteiger partial charge < -0.3 is 18.6 Å². The number of hydrogen-bond donors (Lipinski definition) is 0. The van der Waals surface area contributed by atoms with E-state index >= 15 is 0 Å². The monoisotopic (exact) mass is 421 g/mol. The van der Waals surface area contributed by atoms with Crippen molar-refractivity contribution >= 4 is 16.9 Å². The average Bonchev–Trinajstić information content (AvgIpc) is 3.48. The number of fused-ring (bicyclic) bond motifs is 1. The molecule has 1 aliphatic heterocycles. The Hall–Kier alpha value is -3.68. The SMILES string of the molecule is COc1cc(C(=O)N2CCC(c3nc(-c4ccc(F)cc4)no3)CC2)cc2occc12. The van der Waals surface area contributed by atoms with E-state index in [0.717, 1.165) is 18.2 Å². The first kappa shape index (κ1) is 19.3. The number of hydrogen-bond acceptors (Lipinski definition) is 6. The third-order valence-corrected chi connectivity index (χ3v) is 5.68. The standard InChI is InChI=1S/C23H20FN3O4/c1-29-19-12-16(13-20-18(19)8-11-30-20)23(28)27-9-6-15(7-10-27)22-25-21(26-31-22)14-2-4-17(24)5-3-14/h2-5,8,11-13,15H,6-7,9-10H2,1H3. The molecule has 0 radical (unpaired) electrons. The molecule has 0 saturated carbocycles. The summed E-state index contributed by atoms with van der Waals surface area (Å²) in [5, 5.41) is 4.86. The molecule has 0 spiro atoms. The summed E-state index contributed by atoms with van der Waals surface area (Å²) < 4.78 is 29.4. The van der Waals surface area contributed by atoms with Crippen LogP contribution in [0.2, 0.25) is 0 Å². The fourth-order valence-electron chi connectivity index (χ4n) is 3.96. The number of furan rings is 1. The highest BCUT2D eigenvalue weighted by atomic mass is 19.1. The molecule has 158 valence electrons. The first-order valence-corrected chi connectivity index (χ1v) is 10.1. The van der Waals surface area contributed by atoms with Crippen molar-refractivity contribution in [2.24, 2.45) is 0 Å². The predicted molar refractivity (Wildman–Crippen MR) is 110 cm³/mol. The van der Waals surface area contributed by atoms with Gasteiger partial charge in [0.15, 0.2) is 0 Å². The van der Waals surface area contributed by atoms with Gasteiger partial charge in [0.05, 0.1) is 18.8 Å². The highest BCUT2D eigenvalue weighted by molar-refractivity contribution is 5.99. The molecule has 5 rings (SSSR count). The number of rotatable bonds is 4. The summed E-state index contributed by atoms with van der Waals surface area (Å²) in [6, 6.07) is 11.3. The van der Waals surface area contributed by atoms with Crippen LogP contribution in [0.4, 0.5) is 4.39 Å². The zero-order valence-corrected chi connectivity index (χ0v) is 16.9. The normalized spacial score (nSPS) is 14.8. The van der Waals surface area contributed by atoms with Crippen LogP contribution in [0.25, 0.3) is 22.4 Å². The molecule has 2 aromatic heterocycles. The number of methoxy groups -OCH3 is 1. The van der Waals surface area contributed by atoms with Crippen molar-refractivity contribution in [1.82, 2.24) is 15.0 Å². The van der Waals surface area contributed by atoms with E-state index in [1.807, 2.05) is 11.0 Å². The summed E-state index contributed by atoms with van der Waals surface area (Å²) >= 11 is 0. The van der Waals surface area contributed by atoms with E-state index in [2.05, 4.69) is 10.1 Å². The molecule has 8 heteroatoms.